The molecule has 2 aromatic rings. The Morgan fingerprint density at radius 1 is 1.35 bits per heavy atom. The molecule has 1 aliphatic heterocycles. The molecule has 0 spiro atoms. The number of hydrogen-bond donors (Lipinski definition) is 3. The van der Waals surface area contributed by atoms with Crippen LogP contribution in [0.1, 0.15) is 6.23 Å². The molecule has 0 amide bonds. The summed E-state index contributed by atoms with van der Waals surface area (Å²) in [5, 5.41) is 26.6. The number of ether oxygens (including phenoxy) is 1. The van der Waals surface area contributed by atoms with Gasteiger partial charge in [0, 0.05) is 0 Å². The summed E-state index contributed by atoms with van der Waals surface area (Å²) in [6.45, 7) is 0. The summed E-state index contributed by atoms with van der Waals surface area (Å²) in [7, 11) is 0. The van der Waals surface area contributed by atoms with Gasteiger partial charge < -0.3 is 20.7 Å². The van der Waals surface area contributed by atoms with Gasteiger partial charge in [0.2, 0.25) is 6.23 Å². The van der Waals surface area contributed by atoms with E-state index in [0.717, 1.165) is 4.68 Å². The maximum Gasteiger partial charge on any atom is 0.312 e. The Kier molecular flexibility index (Phi) is 2.72. The number of anilines is 1. The van der Waals surface area contributed by atoms with Gasteiger partial charge in [0.05, 0.1) is 0 Å². The second-order valence-corrected chi connectivity index (χ2v) is 4.04. The first-order chi connectivity index (χ1) is 9.52. The average Bonchev–Trinajstić information content (AvgIpc) is 2.93. The third-order valence-corrected chi connectivity index (χ3v) is 2.84. The second kappa shape index (κ2) is 4.31. The summed E-state index contributed by atoms with van der Waals surface area (Å²) in [5.41, 5.74) is 5.30. The summed E-state index contributed by atoms with van der Waals surface area (Å²) in [5.74, 6) is -0.721. The first kappa shape index (κ1) is 12.6. The second-order valence-electron chi connectivity index (χ2n) is 4.04. The van der Waals surface area contributed by atoms with Crippen LogP contribution in [-0.4, -0.2) is 47.4 Å². The van der Waals surface area contributed by atoms with Gasteiger partial charge in [0.1, 0.15) is 18.5 Å². The van der Waals surface area contributed by atoms with Crippen molar-refractivity contribution in [2.75, 3.05) is 5.73 Å². The molecule has 106 valence electrons. The number of hydrogen-bond acceptors (Lipinski definition) is 8. The van der Waals surface area contributed by atoms with E-state index in [-0.39, 0.29) is 23.3 Å². The number of halogens is 2. The van der Waals surface area contributed by atoms with Crippen LogP contribution in [0.25, 0.3) is 11.2 Å². The largest absolute Gasteiger partial charge is 0.465 e. The molecule has 3 heterocycles. The van der Waals surface area contributed by atoms with Crippen LogP contribution < -0.4 is 5.73 Å². The number of rotatable bonds is 1. The van der Waals surface area contributed by atoms with E-state index >= 15 is 0 Å². The lowest BCUT2D eigenvalue weighted by atomic mass is 10.2. The number of aromatic nitrogens is 5. The first-order valence-corrected chi connectivity index (χ1v) is 5.40. The minimum Gasteiger partial charge on any atom is -0.465 e. The van der Waals surface area contributed by atoms with Crippen molar-refractivity contribution in [2.24, 2.45) is 0 Å². The standard InChI is InChI=1S/C9H8F2N6O3/c10-1-2-4(18)5(19)8(20-2)17-7-3(15-16-17)6(12)13-9(11)14-7/h1,4-5,8,18-19H,(H2,12,13,14)/b2-1+/t4-,5-,8-/m1/s1. The molecule has 1 saturated heterocycles. The van der Waals surface area contributed by atoms with Crippen molar-refractivity contribution in [3.8, 4) is 0 Å². The van der Waals surface area contributed by atoms with Gasteiger partial charge >= 0.3 is 6.08 Å². The zero-order valence-corrected chi connectivity index (χ0v) is 9.68. The molecule has 2 aromatic heterocycles. The minimum atomic E-state index is -1.58. The molecular weight excluding hydrogens is 278 g/mol. The third kappa shape index (κ3) is 1.67. The lowest BCUT2D eigenvalue weighted by molar-refractivity contribution is -0.0194. The number of nitrogens with two attached hydrogens (primary N) is 1. The van der Waals surface area contributed by atoms with E-state index in [1.807, 2.05) is 0 Å². The van der Waals surface area contributed by atoms with E-state index in [9.17, 15) is 19.0 Å². The third-order valence-electron chi connectivity index (χ3n) is 2.84. The van der Waals surface area contributed by atoms with Crippen molar-refractivity contribution in [1.29, 1.82) is 0 Å². The fraction of sp³-hybridized carbons (Fsp3) is 0.333. The molecule has 11 heteroatoms. The van der Waals surface area contributed by atoms with Gasteiger partial charge in [0.15, 0.2) is 22.7 Å². The normalized spacial score (nSPS) is 28.2. The summed E-state index contributed by atoms with van der Waals surface area (Å²) in [6.07, 6.45) is -5.52. The predicted molar refractivity (Wildman–Crippen MR) is 58.8 cm³/mol. The Balaban J connectivity index is 2.12. The van der Waals surface area contributed by atoms with Gasteiger partial charge in [0.25, 0.3) is 0 Å². The molecule has 0 radical (unpaired) electrons. The molecular formula is C9H8F2N6O3. The Hall–Kier alpha value is -2.40. The summed E-state index contributed by atoms with van der Waals surface area (Å²) < 4.78 is 31.5. The van der Waals surface area contributed by atoms with Gasteiger partial charge in [-0.25, -0.2) is 4.39 Å². The van der Waals surface area contributed by atoms with Gasteiger partial charge in [-0.15, -0.1) is 5.10 Å². The quantitative estimate of drug-likeness (QED) is 0.569. The molecule has 3 rings (SSSR count). The predicted octanol–water partition coefficient (Wildman–Crippen LogP) is -0.996. The van der Waals surface area contributed by atoms with Crippen LogP contribution in [0.5, 0.6) is 0 Å². The highest BCUT2D eigenvalue weighted by atomic mass is 19.1. The molecule has 0 bridgehead atoms. The maximum atomic E-state index is 13.2. The number of aliphatic hydroxyl groups is 2. The summed E-state index contributed by atoms with van der Waals surface area (Å²) in [4.78, 5) is 6.71. The molecule has 0 aromatic carbocycles. The van der Waals surface area contributed by atoms with Gasteiger partial charge in [-0.3, -0.25) is 0 Å². The highest BCUT2D eigenvalue weighted by molar-refractivity contribution is 5.80. The van der Waals surface area contributed by atoms with E-state index in [1.54, 1.807) is 0 Å². The number of nitrogens with zero attached hydrogens (tertiary/aromatic N) is 5. The van der Waals surface area contributed by atoms with Crippen molar-refractivity contribution in [3.63, 3.8) is 0 Å². The van der Waals surface area contributed by atoms with Gasteiger partial charge in [-0.05, 0) is 0 Å². The Morgan fingerprint density at radius 3 is 2.75 bits per heavy atom. The smallest absolute Gasteiger partial charge is 0.312 e. The fourth-order valence-electron chi connectivity index (χ4n) is 1.88. The van der Waals surface area contributed by atoms with Gasteiger partial charge in [-0.2, -0.15) is 19.0 Å². The number of fused-ring (bicyclic) bond motifs is 1. The van der Waals surface area contributed by atoms with E-state index in [2.05, 4.69) is 20.3 Å². The van der Waals surface area contributed by atoms with Crippen LogP contribution in [0.15, 0.2) is 12.1 Å². The number of nitrogen functional groups attached to an aromatic ring is 1. The highest BCUT2D eigenvalue weighted by Crippen LogP contribution is 2.33. The van der Waals surface area contributed by atoms with Crippen molar-refractivity contribution < 1.29 is 23.7 Å². The van der Waals surface area contributed by atoms with Crippen molar-refractivity contribution in [2.45, 2.75) is 18.4 Å². The molecule has 1 aliphatic rings. The van der Waals surface area contributed by atoms with Gasteiger partial charge in [-0.1, -0.05) is 5.21 Å². The van der Waals surface area contributed by atoms with Crippen molar-refractivity contribution in [1.82, 2.24) is 25.0 Å². The molecule has 0 unspecified atom stereocenters. The molecule has 1 fully saturated rings. The molecule has 9 nitrogen and oxygen atoms in total. The Labute approximate surface area is 109 Å². The Bertz CT molecular complexity index is 704. The zero-order valence-electron chi connectivity index (χ0n) is 9.68. The van der Waals surface area contributed by atoms with E-state index in [1.165, 1.54) is 0 Å². The van der Waals surface area contributed by atoms with E-state index in [4.69, 9.17) is 10.5 Å². The molecule has 20 heavy (non-hydrogen) atoms. The first-order valence-electron chi connectivity index (χ1n) is 5.40. The van der Waals surface area contributed by atoms with Crippen LogP contribution in [0, 0.1) is 6.08 Å². The highest BCUT2D eigenvalue weighted by Gasteiger charge is 2.42. The lowest BCUT2D eigenvalue weighted by Gasteiger charge is -2.13. The average molecular weight is 286 g/mol. The van der Waals surface area contributed by atoms with Crippen LogP contribution in [0.2, 0.25) is 0 Å². The lowest BCUT2D eigenvalue weighted by Crippen LogP contribution is -2.28. The molecule has 4 N–H and O–H groups in total. The summed E-state index contributed by atoms with van der Waals surface area (Å²) >= 11 is 0. The monoisotopic (exact) mass is 286 g/mol. The summed E-state index contributed by atoms with van der Waals surface area (Å²) in [6, 6.07) is 0. The van der Waals surface area contributed by atoms with Crippen LogP contribution in [0.3, 0.4) is 0 Å². The zero-order chi connectivity index (χ0) is 14.4. The minimum absolute atomic E-state index is 0.00521. The van der Waals surface area contributed by atoms with Crippen LogP contribution >= 0.6 is 0 Å². The number of aliphatic hydroxyl groups excluding tert-OH is 2. The fourth-order valence-corrected chi connectivity index (χ4v) is 1.88. The van der Waals surface area contributed by atoms with Crippen LogP contribution in [0.4, 0.5) is 14.6 Å². The molecule has 3 atom stereocenters. The van der Waals surface area contributed by atoms with E-state index < -0.39 is 30.3 Å². The topological polar surface area (TPSA) is 132 Å². The molecule has 0 saturated carbocycles. The van der Waals surface area contributed by atoms with Crippen molar-refractivity contribution >= 4 is 17.0 Å². The Morgan fingerprint density at radius 2 is 2.10 bits per heavy atom. The SMILES string of the molecule is Nc1nc(F)nc2c1nnn2[C@@H]1O/C(=C/F)[C@@H](O)[C@H]1O. The van der Waals surface area contributed by atoms with Crippen molar-refractivity contribution in [3.05, 3.63) is 18.2 Å². The molecule has 0 aliphatic carbocycles. The van der Waals surface area contributed by atoms with Crippen LogP contribution in [-0.2, 0) is 4.74 Å². The van der Waals surface area contributed by atoms with E-state index in [0.29, 0.717) is 0 Å². The maximum absolute atomic E-state index is 13.2.